The molecule has 1 aliphatic heterocycles. The molecule has 0 bridgehead atoms. The van der Waals surface area contributed by atoms with Crippen molar-refractivity contribution >= 4 is 11.6 Å². The summed E-state index contributed by atoms with van der Waals surface area (Å²) in [5.41, 5.74) is 2.29. The van der Waals surface area contributed by atoms with E-state index in [0.717, 1.165) is 49.8 Å². The summed E-state index contributed by atoms with van der Waals surface area (Å²) in [4.78, 5) is 16.8. The second-order valence-electron chi connectivity index (χ2n) is 7.04. The number of amides is 1. The molecule has 1 aliphatic rings. The minimum absolute atomic E-state index is 0.214. The number of benzene rings is 2. The molecule has 150 valence electrons. The zero-order valence-corrected chi connectivity index (χ0v) is 16.9. The first kappa shape index (κ1) is 20.1. The Balaban J connectivity index is 1.41. The summed E-state index contributed by atoms with van der Waals surface area (Å²) in [6, 6.07) is 16.1. The van der Waals surface area contributed by atoms with Gasteiger partial charge in [-0.1, -0.05) is 24.3 Å². The van der Waals surface area contributed by atoms with E-state index >= 15 is 0 Å². The molecule has 0 spiro atoms. The number of anilines is 1. The van der Waals surface area contributed by atoms with Crippen LogP contribution in [-0.4, -0.2) is 50.2 Å². The van der Waals surface area contributed by atoms with Crippen LogP contribution in [0.1, 0.15) is 25.3 Å². The van der Waals surface area contributed by atoms with Crippen molar-refractivity contribution in [1.29, 1.82) is 0 Å². The third-order valence-corrected chi connectivity index (χ3v) is 4.93. The number of para-hydroxylation sites is 2. The molecule has 3 rings (SSSR count). The van der Waals surface area contributed by atoms with Gasteiger partial charge in [0.1, 0.15) is 11.5 Å². The molecular weight excluding hydrogens is 352 g/mol. The second kappa shape index (κ2) is 10.0. The number of carbonyl (C=O) groups excluding carboxylic acids is 1. The van der Waals surface area contributed by atoms with Crippen LogP contribution in [0, 0.1) is 6.92 Å². The molecule has 0 aromatic heterocycles. The van der Waals surface area contributed by atoms with E-state index in [-0.39, 0.29) is 5.91 Å². The number of rotatable bonds is 8. The zero-order chi connectivity index (χ0) is 19.8. The van der Waals surface area contributed by atoms with Crippen LogP contribution < -0.4 is 14.4 Å². The first-order valence-corrected chi connectivity index (χ1v) is 10.1. The Morgan fingerprint density at radius 3 is 2.54 bits per heavy atom. The molecule has 5 heteroatoms. The lowest BCUT2D eigenvalue weighted by atomic mass is 10.2. The van der Waals surface area contributed by atoms with E-state index in [4.69, 9.17) is 9.47 Å². The minimum Gasteiger partial charge on any atom is -0.494 e. The van der Waals surface area contributed by atoms with Crippen molar-refractivity contribution in [1.82, 2.24) is 4.90 Å². The van der Waals surface area contributed by atoms with Gasteiger partial charge in [-0.25, -0.2) is 0 Å². The first-order valence-electron chi connectivity index (χ1n) is 10.1. The molecule has 0 radical (unpaired) electrons. The zero-order valence-electron chi connectivity index (χ0n) is 16.9. The Morgan fingerprint density at radius 2 is 1.79 bits per heavy atom. The predicted molar refractivity (Wildman–Crippen MR) is 112 cm³/mol. The van der Waals surface area contributed by atoms with Gasteiger partial charge in [-0.2, -0.15) is 0 Å². The van der Waals surface area contributed by atoms with Crippen molar-refractivity contribution in [2.45, 2.75) is 26.7 Å². The summed E-state index contributed by atoms with van der Waals surface area (Å²) in [5, 5.41) is 0. The molecule has 0 aliphatic carbocycles. The van der Waals surface area contributed by atoms with Gasteiger partial charge in [0.15, 0.2) is 0 Å². The third kappa shape index (κ3) is 5.41. The molecule has 1 heterocycles. The van der Waals surface area contributed by atoms with Crippen molar-refractivity contribution in [3.63, 3.8) is 0 Å². The highest BCUT2D eigenvalue weighted by Gasteiger charge is 2.22. The Morgan fingerprint density at radius 1 is 1.00 bits per heavy atom. The molecule has 28 heavy (non-hydrogen) atoms. The van der Waals surface area contributed by atoms with Gasteiger partial charge in [-0.15, -0.1) is 0 Å². The normalized spacial score (nSPS) is 14.1. The smallest absolute Gasteiger partial charge is 0.222 e. The molecule has 2 aromatic rings. The van der Waals surface area contributed by atoms with Crippen molar-refractivity contribution in [3.05, 3.63) is 54.1 Å². The molecule has 1 amide bonds. The van der Waals surface area contributed by atoms with Crippen LogP contribution in [0.15, 0.2) is 48.5 Å². The van der Waals surface area contributed by atoms with Crippen molar-refractivity contribution in [2.75, 3.05) is 44.3 Å². The van der Waals surface area contributed by atoms with E-state index in [0.29, 0.717) is 19.6 Å². The van der Waals surface area contributed by atoms with E-state index < -0.39 is 0 Å². The Hall–Kier alpha value is -2.69. The van der Waals surface area contributed by atoms with Gasteiger partial charge in [0.05, 0.1) is 18.9 Å². The Bertz CT molecular complexity index is 770. The lowest BCUT2D eigenvalue weighted by molar-refractivity contribution is -0.131. The molecule has 0 saturated carbocycles. The predicted octanol–water partition coefficient (Wildman–Crippen LogP) is 3.90. The third-order valence-electron chi connectivity index (χ3n) is 4.93. The highest BCUT2D eigenvalue weighted by atomic mass is 16.5. The lowest BCUT2D eigenvalue weighted by Gasteiger charge is -2.36. The molecule has 0 unspecified atom stereocenters. The van der Waals surface area contributed by atoms with Crippen molar-refractivity contribution < 1.29 is 14.3 Å². The van der Waals surface area contributed by atoms with E-state index in [2.05, 4.69) is 11.0 Å². The molecule has 0 atom stereocenters. The van der Waals surface area contributed by atoms with Crippen LogP contribution in [0.5, 0.6) is 11.5 Å². The maximum Gasteiger partial charge on any atom is 0.222 e. The fourth-order valence-corrected chi connectivity index (χ4v) is 3.47. The highest BCUT2D eigenvalue weighted by molar-refractivity contribution is 5.76. The maximum atomic E-state index is 12.5. The van der Waals surface area contributed by atoms with Crippen LogP contribution >= 0.6 is 0 Å². The summed E-state index contributed by atoms with van der Waals surface area (Å²) >= 11 is 0. The van der Waals surface area contributed by atoms with Crippen LogP contribution in [0.2, 0.25) is 0 Å². The number of ether oxygens (including phenoxy) is 2. The summed E-state index contributed by atoms with van der Waals surface area (Å²) in [7, 11) is 0. The standard InChI is InChI=1S/C23H30N2O3/c1-3-27-22-11-5-4-10-21(22)24-13-15-25(16-14-24)23(26)12-7-17-28-20-9-6-8-19(2)18-20/h4-6,8-11,18H,3,7,12-17H2,1-2H3. The topological polar surface area (TPSA) is 42.0 Å². The fraction of sp³-hybridized carbons (Fsp3) is 0.435. The van der Waals surface area contributed by atoms with Crippen LogP contribution in [0.3, 0.4) is 0 Å². The van der Waals surface area contributed by atoms with Crippen LogP contribution in [0.4, 0.5) is 5.69 Å². The number of aryl methyl sites for hydroxylation is 1. The summed E-state index contributed by atoms with van der Waals surface area (Å²) in [5.74, 6) is 2.00. The monoisotopic (exact) mass is 382 g/mol. The number of piperazine rings is 1. The fourth-order valence-electron chi connectivity index (χ4n) is 3.47. The molecule has 1 saturated heterocycles. The Kier molecular flexibility index (Phi) is 7.18. The van der Waals surface area contributed by atoms with Gasteiger partial charge in [0, 0.05) is 32.6 Å². The lowest BCUT2D eigenvalue weighted by Crippen LogP contribution is -2.48. The van der Waals surface area contributed by atoms with Crippen LogP contribution in [0.25, 0.3) is 0 Å². The van der Waals surface area contributed by atoms with Crippen molar-refractivity contribution in [2.24, 2.45) is 0 Å². The largest absolute Gasteiger partial charge is 0.494 e. The average Bonchev–Trinajstić information content (AvgIpc) is 2.72. The van der Waals surface area contributed by atoms with Gasteiger partial charge in [0.2, 0.25) is 5.91 Å². The second-order valence-corrected chi connectivity index (χ2v) is 7.04. The van der Waals surface area contributed by atoms with Gasteiger partial charge in [-0.3, -0.25) is 4.79 Å². The van der Waals surface area contributed by atoms with E-state index in [9.17, 15) is 4.79 Å². The summed E-state index contributed by atoms with van der Waals surface area (Å²) < 4.78 is 11.5. The molecule has 1 fully saturated rings. The van der Waals surface area contributed by atoms with E-state index in [1.165, 1.54) is 5.56 Å². The quantitative estimate of drug-likeness (QED) is 0.650. The SMILES string of the molecule is CCOc1ccccc1N1CCN(C(=O)CCCOc2cccc(C)c2)CC1. The van der Waals surface area contributed by atoms with Crippen molar-refractivity contribution in [3.8, 4) is 11.5 Å². The maximum absolute atomic E-state index is 12.5. The van der Waals surface area contributed by atoms with Gasteiger partial charge < -0.3 is 19.3 Å². The van der Waals surface area contributed by atoms with Gasteiger partial charge in [-0.05, 0) is 50.1 Å². The van der Waals surface area contributed by atoms with Gasteiger partial charge >= 0.3 is 0 Å². The molecule has 5 nitrogen and oxygen atoms in total. The highest BCUT2D eigenvalue weighted by Crippen LogP contribution is 2.28. The Labute approximate surface area is 167 Å². The number of hydrogen-bond acceptors (Lipinski definition) is 4. The van der Waals surface area contributed by atoms with Crippen LogP contribution in [-0.2, 0) is 4.79 Å². The summed E-state index contributed by atoms with van der Waals surface area (Å²) in [6.45, 7) is 8.41. The first-order chi connectivity index (χ1) is 13.7. The minimum atomic E-state index is 0.214. The summed E-state index contributed by atoms with van der Waals surface area (Å²) in [6.07, 6.45) is 1.27. The number of hydrogen-bond donors (Lipinski definition) is 0. The van der Waals surface area contributed by atoms with E-state index in [1.807, 2.05) is 61.2 Å². The molecule has 0 N–H and O–H groups in total. The average molecular weight is 383 g/mol. The van der Waals surface area contributed by atoms with E-state index in [1.54, 1.807) is 0 Å². The van der Waals surface area contributed by atoms with Gasteiger partial charge in [0.25, 0.3) is 0 Å². The molecule has 2 aromatic carbocycles. The number of nitrogens with zero attached hydrogens (tertiary/aromatic N) is 2. The molecular formula is C23H30N2O3. The number of carbonyl (C=O) groups is 1.